The minimum Gasteiger partial charge on any atom is -0.396 e. The number of nitrogens with zero attached hydrogens (tertiary/aromatic N) is 1. The minimum atomic E-state index is -4.64. The number of guanidine groups is 1. The fourth-order valence-corrected chi connectivity index (χ4v) is 2.95. The molecule has 1 atom stereocenters. The first-order valence-electron chi connectivity index (χ1n) is 8.28. The van der Waals surface area contributed by atoms with Gasteiger partial charge in [-0.2, -0.15) is 13.2 Å². The van der Waals surface area contributed by atoms with Crippen LogP contribution in [0.25, 0.3) is 0 Å². The van der Waals surface area contributed by atoms with E-state index in [1.807, 2.05) is 0 Å². The Morgan fingerprint density at radius 1 is 1.35 bits per heavy atom. The summed E-state index contributed by atoms with van der Waals surface area (Å²) in [4.78, 5) is 4.00. The van der Waals surface area contributed by atoms with Crippen molar-refractivity contribution >= 4 is 5.96 Å². The van der Waals surface area contributed by atoms with E-state index in [1.54, 1.807) is 0 Å². The second-order valence-electron chi connectivity index (χ2n) is 6.35. The maximum atomic E-state index is 13.2. The largest absolute Gasteiger partial charge is 0.416 e. The van der Waals surface area contributed by atoms with Gasteiger partial charge in [-0.05, 0) is 30.5 Å². The van der Waals surface area contributed by atoms with Crippen LogP contribution in [0.2, 0.25) is 0 Å². The molecule has 1 aliphatic heterocycles. The molecule has 0 amide bonds. The molecule has 0 spiro atoms. The van der Waals surface area contributed by atoms with Crippen molar-refractivity contribution in [1.29, 1.82) is 0 Å². The number of aliphatic hydroxyl groups excluding tert-OH is 1. The van der Waals surface area contributed by atoms with Crippen LogP contribution in [0.1, 0.15) is 24.0 Å². The van der Waals surface area contributed by atoms with Crippen molar-refractivity contribution in [2.24, 2.45) is 10.4 Å². The molecule has 146 valence electrons. The lowest BCUT2D eigenvalue weighted by molar-refractivity contribution is -0.138. The molecule has 3 N–H and O–H groups in total. The van der Waals surface area contributed by atoms with Crippen molar-refractivity contribution in [2.75, 3.05) is 33.4 Å². The molecule has 0 bridgehead atoms. The zero-order chi connectivity index (χ0) is 19.2. The average molecular weight is 377 g/mol. The van der Waals surface area contributed by atoms with Gasteiger partial charge in [0.25, 0.3) is 0 Å². The predicted molar refractivity (Wildman–Crippen MR) is 89.2 cm³/mol. The molecular formula is C17H23F4N3O2. The highest BCUT2D eigenvalue weighted by Crippen LogP contribution is 2.33. The number of hydrogen-bond donors (Lipinski definition) is 3. The number of rotatable bonds is 6. The Morgan fingerprint density at radius 3 is 2.69 bits per heavy atom. The van der Waals surface area contributed by atoms with E-state index < -0.39 is 17.6 Å². The highest BCUT2D eigenvalue weighted by molar-refractivity contribution is 5.79. The van der Waals surface area contributed by atoms with Gasteiger partial charge < -0.3 is 20.5 Å². The van der Waals surface area contributed by atoms with E-state index in [1.165, 1.54) is 7.05 Å². The zero-order valence-corrected chi connectivity index (χ0v) is 14.5. The second-order valence-corrected chi connectivity index (χ2v) is 6.35. The SMILES string of the molecule is CN=C(NCc1ccc(F)cc1C(F)(F)F)NCC1(CCO)CCOC1. The Labute approximate surface area is 149 Å². The molecule has 0 radical (unpaired) electrons. The fourth-order valence-electron chi connectivity index (χ4n) is 2.95. The maximum absolute atomic E-state index is 13.2. The Balaban J connectivity index is 1.99. The van der Waals surface area contributed by atoms with Gasteiger partial charge in [-0.3, -0.25) is 4.99 Å². The van der Waals surface area contributed by atoms with Gasteiger partial charge in [0.05, 0.1) is 12.2 Å². The monoisotopic (exact) mass is 377 g/mol. The lowest BCUT2D eigenvalue weighted by Crippen LogP contribution is -2.44. The van der Waals surface area contributed by atoms with Crippen molar-refractivity contribution in [3.05, 3.63) is 35.1 Å². The van der Waals surface area contributed by atoms with Gasteiger partial charge in [0, 0.05) is 38.8 Å². The Hall–Kier alpha value is -1.87. The Morgan fingerprint density at radius 2 is 2.12 bits per heavy atom. The van der Waals surface area contributed by atoms with Crippen LogP contribution in [0.15, 0.2) is 23.2 Å². The molecule has 5 nitrogen and oxygen atoms in total. The summed E-state index contributed by atoms with van der Waals surface area (Å²) in [6.07, 6.45) is -3.29. The van der Waals surface area contributed by atoms with Gasteiger partial charge in [0.2, 0.25) is 0 Å². The van der Waals surface area contributed by atoms with E-state index >= 15 is 0 Å². The number of benzene rings is 1. The first kappa shape index (κ1) is 20.4. The molecule has 1 fully saturated rings. The normalized spacial score (nSPS) is 21.1. The van der Waals surface area contributed by atoms with Crippen molar-refractivity contribution in [3.8, 4) is 0 Å². The molecule has 2 rings (SSSR count). The standard InChI is InChI=1S/C17H23F4N3O2/c1-22-15(24-10-16(4-6-25)5-7-26-11-16)23-9-12-2-3-13(18)8-14(12)17(19,20)21/h2-3,8,25H,4-7,9-11H2,1H3,(H2,22,23,24). The molecule has 0 saturated carbocycles. The molecule has 9 heteroatoms. The van der Waals surface area contributed by atoms with Gasteiger partial charge in [0.1, 0.15) is 5.82 Å². The van der Waals surface area contributed by atoms with Gasteiger partial charge in [-0.15, -0.1) is 0 Å². The van der Waals surface area contributed by atoms with Gasteiger partial charge in [-0.1, -0.05) is 6.07 Å². The summed E-state index contributed by atoms with van der Waals surface area (Å²) < 4.78 is 57.7. The van der Waals surface area contributed by atoms with E-state index in [0.717, 1.165) is 18.6 Å². The van der Waals surface area contributed by atoms with Crippen molar-refractivity contribution < 1.29 is 27.4 Å². The summed E-state index contributed by atoms with van der Waals surface area (Å²) in [5.74, 6) is -0.609. The summed E-state index contributed by atoms with van der Waals surface area (Å²) in [6, 6.07) is 2.59. The second kappa shape index (κ2) is 8.68. The number of halogens is 4. The van der Waals surface area contributed by atoms with Gasteiger partial charge >= 0.3 is 6.18 Å². The van der Waals surface area contributed by atoms with Crippen molar-refractivity contribution in [1.82, 2.24) is 10.6 Å². The summed E-state index contributed by atoms with van der Waals surface area (Å²) in [6.45, 7) is 1.47. The van der Waals surface area contributed by atoms with Crippen molar-refractivity contribution in [2.45, 2.75) is 25.6 Å². The highest BCUT2D eigenvalue weighted by atomic mass is 19.4. The molecule has 0 aliphatic carbocycles. The third-order valence-electron chi connectivity index (χ3n) is 4.51. The van der Waals surface area contributed by atoms with Crippen LogP contribution < -0.4 is 10.6 Å². The lowest BCUT2D eigenvalue weighted by Gasteiger charge is -2.27. The summed E-state index contributed by atoms with van der Waals surface area (Å²) in [5, 5.41) is 15.1. The van der Waals surface area contributed by atoms with Crippen LogP contribution in [0.3, 0.4) is 0 Å². The average Bonchev–Trinajstić information content (AvgIpc) is 3.04. The van der Waals surface area contributed by atoms with E-state index in [2.05, 4.69) is 15.6 Å². The van der Waals surface area contributed by atoms with E-state index in [9.17, 15) is 22.7 Å². The topological polar surface area (TPSA) is 65.9 Å². The van der Waals surface area contributed by atoms with Crippen molar-refractivity contribution in [3.63, 3.8) is 0 Å². The Kier molecular flexibility index (Phi) is 6.82. The quantitative estimate of drug-likeness (QED) is 0.404. The number of ether oxygens (including phenoxy) is 1. The van der Waals surface area contributed by atoms with Crippen LogP contribution in [0.4, 0.5) is 17.6 Å². The molecule has 1 unspecified atom stereocenters. The number of nitrogens with one attached hydrogen (secondary N) is 2. The number of aliphatic imine (C=N–C) groups is 1. The van der Waals surface area contributed by atoms with E-state index in [-0.39, 0.29) is 24.1 Å². The summed E-state index contributed by atoms with van der Waals surface area (Å²) >= 11 is 0. The minimum absolute atomic E-state index is 0.0294. The fraction of sp³-hybridized carbons (Fsp3) is 0.588. The molecular weight excluding hydrogens is 354 g/mol. The molecule has 0 aromatic heterocycles. The van der Waals surface area contributed by atoms with Crippen LogP contribution in [-0.4, -0.2) is 44.5 Å². The summed E-state index contributed by atoms with van der Waals surface area (Å²) in [7, 11) is 1.51. The molecule has 1 aliphatic rings. The molecule has 1 saturated heterocycles. The number of hydrogen-bond acceptors (Lipinski definition) is 3. The Bertz CT molecular complexity index is 629. The number of aliphatic hydroxyl groups is 1. The zero-order valence-electron chi connectivity index (χ0n) is 14.5. The van der Waals surface area contributed by atoms with Crippen LogP contribution in [0, 0.1) is 11.2 Å². The highest BCUT2D eigenvalue weighted by Gasteiger charge is 2.35. The van der Waals surface area contributed by atoms with E-state index in [0.29, 0.717) is 38.2 Å². The van der Waals surface area contributed by atoms with Gasteiger partial charge in [0.15, 0.2) is 5.96 Å². The third-order valence-corrected chi connectivity index (χ3v) is 4.51. The molecule has 1 heterocycles. The van der Waals surface area contributed by atoms with Crippen LogP contribution in [0.5, 0.6) is 0 Å². The molecule has 26 heavy (non-hydrogen) atoms. The maximum Gasteiger partial charge on any atom is 0.416 e. The first-order valence-corrected chi connectivity index (χ1v) is 8.28. The number of alkyl halides is 3. The molecule has 1 aromatic rings. The van der Waals surface area contributed by atoms with Crippen LogP contribution >= 0.6 is 0 Å². The van der Waals surface area contributed by atoms with Crippen LogP contribution in [-0.2, 0) is 17.5 Å². The van der Waals surface area contributed by atoms with Gasteiger partial charge in [-0.25, -0.2) is 4.39 Å². The lowest BCUT2D eigenvalue weighted by atomic mass is 9.84. The predicted octanol–water partition coefficient (Wildman–Crippen LogP) is 2.30. The third kappa shape index (κ3) is 5.31. The first-order chi connectivity index (χ1) is 12.3. The molecule has 1 aromatic carbocycles. The van der Waals surface area contributed by atoms with E-state index in [4.69, 9.17) is 4.74 Å². The smallest absolute Gasteiger partial charge is 0.396 e. The summed E-state index contributed by atoms with van der Waals surface area (Å²) in [5.41, 5.74) is -1.31.